The molecule has 1 saturated carbocycles. The van der Waals surface area contributed by atoms with Gasteiger partial charge in [-0.3, -0.25) is 9.59 Å². The Morgan fingerprint density at radius 2 is 1.95 bits per heavy atom. The molecule has 4 heteroatoms. The van der Waals surface area contributed by atoms with Crippen LogP contribution in [0.15, 0.2) is 0 Å². The number of piperazine rings is 1. The summed E-state index contributed by atoms with van der Waals surface area (Å²) in [4.78, 5) is 27.2. The molecule has 2 rings (SSSR count). The van der Waals surface area contributed by atoms with Crippen molar-refractivity contribution in [2.24, 2.45) is 5.92 Å². The van der Waals surface area contributed by atoms with Crippen LogP contribution in [0.1, 0.15) is 66.2 Å². The van der Waals surface area contributed by atoms with Gasteiger partial charge >= 0.3 is 0 Å². The van der Waals surface area contributed by atoms with E-state index < -0.39 is 0 Å². The smallest absolute Gasteiger partial charge is 0.246 e. The fraction of sp³-hybridized carbons (Fsp3) is 0.875. The van der Waals surface area contributed by atoms with E-state index in [1.165, 1.54) is 6.42 Å². The molecule has 2 atom stereocenters. The van der Waals surface area contributed by atoms with Gasteiger partial charge in [-0.15, -0.1) is 0 Å². The molecule has 1 saturated heterocycles. The van der Waals surface area contributed by atoms with Gasteiger partial charge in [-0.1, -0.05) is 27.7 Å². The zero-order valence-electron chi connectivity index (χ0n) is 13.2. The number of carbonyl (C=O) groups excluding carboxylic acids is 2. The summed E-state index contributed by atoms with van der Waals surface area (Å²) in [5.41, 5.74) is -0.0508. The molecule has 114 valence electrons. The molecule has 0 aromatic rings. The van der Waals surface area contributed by atoms with E-state index in [9.17, 15) is 9.59 Å². The van der Waals surface area contributed by atoms with Crippen molar-refractivity contribution in [3.8, 4) is 0 Å². The predicted molar refractivity (Wildman–Crippen MR) is 79.2 cm³/mol. The molecule has 0 radical (unpaired) electrons. The fourth-order valence-electron chi connectivity index (χ4n) is 3.68. The van der Waals surface area contributed by atoms with Gasteiger partial charge in [0.1, 0.15) is 12.1 Å². The standard InChI is InChI=1S/C16H28N2O2/c1-5-13-14(19)17-12(10-11(3)4)15(20)18(13)16(6-2)8-7-9-16/h11-13H,5-10H2,1-4H3,(H,17,19). The normalized spacial score (nSPS) is 29.4. The first-order valence-corrected chi connectivity index (χ1v) is 8.08. The van der Waals surface area contributed by atoms with Gasteiger partial charge in [0, 0.05) is 5.54 Å². The molecule has 0 spiro atoms. The minimum Gasteiger partial charge on any atom is -0.342 e. The molecular weight excluding hydrogens is 252 g/mol. The lowest BCUT2D eigenvalue weighted by atomic mass is 9.71. The Kier molecular flexibility index (Phi) is 4.40. The van der Waals surface area contributed by atoms with Crippen LogP contribution in [0.25, 0.3) is 0 Å². The molecule has 2 fully saturated rings. The van der Waals surface area contributed by atoms with Crippen LogP contribution in [0.5, 0.6) is 0 Å². The molecule has 0 bridgehead atoms. The lowest BCUT2D eigenvalue weighted by molar-refractivity contribution is -0.163. The average Bonchev–Trinajstić information content (AvgIpc) is 2.33. The van der Waals surface area contributed by atoms with Gasteiger partial charge in [-0.2, -0.15) is 0 Å². The van der Waals surface area contributed by atoms with E-state index in [-0.39, 0.29) is 29.4 Å². The van der Waals surface area contributed by atoms with Crippen LogP contribution in [-0.2, 0) is 9.59 Å². The van der Waals surface area contributed by atoms with Crippen molar-refractivity contribution < 1.29 is 9.59 Å². The molecule has 0 aromatic carbocycles. The third-order valence-electron chi connectivity index (χ3n) is 5.01. The highest BCUT2D eigenvalue weighted by molar-refractivity contribution is 5.97. The van der Waals surface area contributed by atoms with Gasteiger partial charge in [-0.25, -0.2) is 0 Å². The Morgan fingerprint density at radius 3 is 2.35 bits per heavy atom. The van der Waals surface area contributed by atoms with Gasteiger partial charge in [0.15, 0.2) is 0 Å². The van der Waals surface area contributed by atoms with Crippen LogP contribution in [0.4, 0.5) is 0 Å². The molecular formula is C16H28N2O2. The van der Waals surface area contributed by atoms with Crippen LogP contribution in [0.2, 0.25) is 0 Å². The lowest BCUT2D eigenvalue weighted by Gasteiger charge is -2.55. The first-order valence-electron chi connectivity index (χ1n) is 8.08. The Balaban J connectivity index is 2.28. The van der Waals surface area contributed by atoms with Crippen LogP contribution in [0.3, 0.4) is 0 Å². The highest BCUT2D eigenvalue weighted by Gasteiger charge is 2.51. The summed E-state index contributed by atoms with van der Waals surface area (Å²) in [6.45, 7) is 8.32. The quantitative estimate of drug-likeness (QED) is 0.841. The fourth-order valence-corrected chi connectivity index (χ4v) is 3.68. The summed E-state index contributed by atoms with van der Waals surface area (Å²) in [7, 11) is 0. The summed E-state index contributed by atoms with van der Waals surface area (Å²) >= 11 is 0. The van der Waals surface area contributed by atoms with Crippen molar-refractivity contribution in [3.05, 3.63) is 0 Å². The van der Waals surface area contributed by atoms with E-state index in [1.54, 1.807) is 0 Å². The van der Waals surface area contributed by atoms with Gasteiger partial charge in [0.2, 0.25) is 11.8 Å². The topological polar surface area (TPSA) is 49.4 Å². The minimum atomic E-state index is -0.325. The second kappa shape index (κ2) is 5.74. The Bertz CT molecular complexity index is 382. The molecule has 2 amide bonds. The van der Waals surface area contributed by atoms with Crippen LogP contribution >= 0.6 is 0 Å². The van der Waals surface area contributed by atoms with Crippen molar-refractivity contribution in [1.82, 2.24) is 10.2 Å². The maximum Gasteiger partial charge on any atom is 0.246 e. The molecule has 2 aliphatic rings. The van der Waals surface area contributed by atoms with Crippen molar-refractivity contribution in [1.29, 1.82) is 0 Å². The van der Waals surface area contributed by atoms with Crippen LogP contribution in [-0.4, -0.2) is 34.3 Å². The number of hydrogen-bond donors (Lipinski definition) is 1. The van der Waals surface area contributed by atoms with E-state index in [1.807, 2.05) is 11.8 Å². The Morgan fingerprint density at radius 1 is 1.30 bits per heavy atom. The molecule has 2 unspecified atom stereocenters. The SMILES string of the molecule is CCC1C(=O)NC(CC(C)C)C(=O)N1C1(CC)CCC1. The maximum absolute atomic E-state index is 12.9. The van der Waals surface area contributed by atoms with E-state index in [0.29, 0.717) is 12.3 Å². The molecule has 1 aliphatic heterocycles. The van der Waals surface area contributed by atoms with E-state index >= 15 is 0 Å². The summed E-state index contributed by atoms with van der Waals surface area (Å²) in [5.74, 6) is 0.590. The summed E-state index contributed by atoms with van der Waals surface area (Å²) in [6.07, 6.45) is 5.66. The molecule has 0 aromatic heterocycles. The summed E-state index contributed by atoms with van der Waals surface area (Å²) in [6, 6.07) is -0.597. The van der Waals surface area contributed by atoms with E-state index in [2.05, 4.69) is 26.1 Å². The number of nitrogens with one attached hydrogen (secondary N) is 1. The van der Waals surface area contributed by atoms with Gasteiger partial charge in [0.05, 0.1) is 0 Å². The Hall–Kier alpha value is -1.06. The number of rotatable bonds is 5. The molecule has 1 aliphatic carbocycles. The largest absolute Gasteiger partial charge is 0.342 e. The van der Waals surface area contributed by atoms with E-state index in [0.717, 1.165) is 25.7 Å². The third kappa shape index (κ3) is 2.45. The number of amides is 2. The van der Waals surface area contributed by atoms with Gasteiger partial charge < -0.3 is 10.2 Å². The summed E-state index contributed by atoms with van der Waals surface area (Å²) in [5, 5.41) is 2.94. The van der Waals surface area contributed by atoms with Crippen molar-refractivity contribution in [3.63, 3.8) is 0 Å². The molecule has 20 heavy (non-hydrogen) atoms. The van der Waals surface area contributed by atoms with Crippen molar-refractivity contribution in [2.75, 3.05) is 0 Å². The predicted octanol–water partition coefficient (Wildman–Crippen LogP) is 2.47. The highest BCUT2D eigenvalue weighted by atomic mass is 16.2. The second-order valence-electron chi connectivity index (χ2n) is 6.75. The highest BCUT2D eigenvalue weighted by Crippen LogP contribution is 2.43. The zero-order chi connectivity index (χ0) is 14.9. The molecule has 1 heterocycles. The zero-order valence-corrected chi connectivity index (χ0v) is 13.2. The average molecular weight is 280 g/mol. The van der Waals surface area contributed by atoms with E-state index in [4.69, 9.17) is 0 Å². The van der Waals surface area contributed by atoms with Gasteiger partial charge in [0.25, 0.3) is 0 Å². The monoisotopic (exact) mass is 280 g/mol. The summed E-state index contributed by atoms with van der Waals surface area (Å²) < 4.78 is 0. The first-order chi connectivity index (χ1) is 9.45. The minimum absolute atomic E-state index is 0.0393. The third-order valence-corrected chi connectivity index (χ3v) is 5.01. The second-order valence-corrected chi connectivity index (χ2v) is 6.75. The molecule has 4 nitrogen and oxygen atoms in total. The van der Waals surface area contributed by atoms with Crippen LogP contribution < -0.4 is 5.32 Å². The van der Waals surface area contributed by atoms with Gasteiger partial charge in [-0.05, 0) is 44.4 Å². The first kappa shape index (κ1) is 15.3. The Labute approximate surface area is 122 Å². The number of carbonyl (C=O) groups is 2. The molecule has 1 N–H and O–H groups in total. The van der Waals surface area contributed by atoms with Crippen molar-refractivity contribution in [2.45, 2.75) is 83.8 Å². The lowest BCUT2D eigenvalue weighted by Crippen LogP contribution is -2.71. The number of nitrogens with zero attached hydrogens (tertiary/aromatic N) is 1. The van der Waals surface area contributed by atoms with Crippen LogP contribution in [0, 0.1) is 5.92 Å². The maximum atomic E-state index is 12.9. The number of hydrogen-bond acceptors (Lipinski definition) is 2. The van der Waals surface area contributed by atoms with Crippen molar-refractivity contribution >= 4 is 11.8 Å².